The first kappa shape index (κ1) is 13.8. The van der Waals surface area contributed by atoms with Gasteiger partial charge in [0.05, 0.1) is 11.2 Å². The van der Waals surface area contributed by atoms with Crippen LogP contribution in [0.15, 0.2) is 24.3 Å². The summed E-state index contributed by atoms with van der Waals surface area (Å²) in [5.74, 6) is -0.276. The van der Waals surface area contributed by atoms with Crippen LogP contribution in [0.1, 0.15) is 13.8 Å². The number of anilines is 1. The van der Waals surface area contributed by atoms with Gasteiger partial charge in [-0.3, -0.25) is 4.79 Å². The number of hydrogen-bond donors (Lipinski definition) is 1. The number of nitrogens with two attached hydrogens (primary N) is 1. The first-order valence-electron chi connectivity index (χ1n) is 6.47. The predicted octanol–water partition coefficient (Wildman–Crippen LogP) is 1.21. The Morgan fingerprint density at radius 3 is 2.32 bits per heavy atom. The Morgan fingerprint density at radius 1 is 1.21 bits per heavy atom. The average molecular weight is 265 g/mol. The molecule has 4 nitrogen and oxygen atoms in total. The number of amides is 1. The maximum absolute atomic E-state index is 13.7. The van der Waals surface area contributed by atoms with Crippen LogP contribution in [-0.4, -0.2) is 42.5 Å². The molecule has 0 unspecified atom stereocenters. The van der Waals surface area contributed by atoms with Crippen LogP contribution in [0, 0.1) is 5.82 Å². The van der Waals surface area contributed by atoms with Crippen LogP contribution in [0.2, 0.25) is 0 Å². The fraction of sp³-hybridized carbons (Fsp3) is 0.500. The molecule has 1 fully saturated rings. The molecule has 0 atom stereocenters. The highest BCUT2D eigenvalue weighted by atomic mass is 19.1. The molecule has 19 heavy (non-hydrogen) atoms. The van der Waals surface area contributed by atoms with Gasteiger partial charge in [0.1, 0.15) is 5.82 Å². The van der Waals surface area contributed by atoms with Gasteiger partial charge in [-0.1, -0.05) is 12.1 Å². The zero-order valence-corrected chi connectivity index (χ0v) is 11.4. The number of rotatable bonds is 2. The van der Waals surface area contributed by atoms with Crippen molar-refractivity contribution in [1.82, 2.24) is 4.90 Å². The van der Waals surface area contributed by atoms with E-state index in [4.69, 9.17) is 5.73 Å². The maximum Gasteiger partial charge on any atom is 0.242 e. The normalized spacial score (nSPS) is 16.6. The summed E-state index contributed by atoms with van der Waals surface area (Å²) in [6.45, 7) is 5.82. The lowest BCUT2D eigenvalue weighted by atomic mass is 10.0. The molecule has 1 aliphatic heterocycles. The average Bonchev–Trinajstić information content (AvgIpc) is 2.38. The number of carbonyl (C=O) groups is 1. The van der Waals surface area contributed by atoms with E-state index in [1.165, 1.54) is 6.07 Å². The molecular formula is C14H20FN3O. The van der Waals surface area contributed by atoms with E-state index in [1.807, 2.05) is 11.0 Å². The third-order valence-electron chi connectivity index (χ3n) is 3.31. The Labute approximate surface area is 113 Å². The van der Waals surface area contributed by atoms with Crippen LogP contribution in [-0.2, 0) is 4.79 Å². The van der Waals surface area contributed by atoms with Crippen molar-refractivity contribution in [3.63, 3.8) is 0 Å². The van der Waals surface area contributed by atoms with Gasteiger partial charge in [0.25, 0.3) is 0 Å². The van der Waals surface area contributed by atoms with Crippen molar-refractivity contribution >= 4 is 11.6 Å². The van der Waals surface area contributed by atoms with Gasteiger partial charge in [0, 0.05) is 26.2 Å². The fourth-order valence-corrected chi connectivity index (χ4v) is 2.27. The topological polar surface area (TPSA) is 49.6 Å². The number of halogens is 1. The molecule has 0 radical (unpaired) electrons. The molecule has 0 saturated carbocycles. The van der Waals surface area contributed by atoms with E-state index in [-0.39, 0.29) is 11.7 Å². The van der Waals surface area contributed by atoms with E-state index in [0.29, 0.717) is 31.9 Å². The summed E-state index contributed by atoms with van der Waals surface area (Å²) < 4.78 is 13.7. The Hall–Kier alpha value is -1.62. The molecule has 0 aliphatic carbocycles. The highest BCUT2D eigenvalue weighted by Crippen LogP contribution is 2.20. The Bertz CT molecular complexity index is 462. The summed E-state index contributed by atoms with van der Waals surface area (Å²) in [6.07, 6.45) is 0. The summed E-state index contributed by atoms with van der Waals surface area (Å²) in [4.78, 5) is 15.7. The van der Waals surface area contributed by atoms with Crippen molar-refractivity contribution in [2.45, 2.75) is 19.4 Å². The zero-order chi connectivity index (χ0) is 14.0. The number of carbonyl (C=O) groups excluding carboxylic acids is 1. The summed E-state index contributed by atoms with van der Waals surface area (Å²) >= 11 is 0. The molecule has 2 rings (SSSR count). The zero-order valence-electron chi connectivity index (χ0n) is 11.4. The number of nitrogens with zero attached hydrogens (tertiary/aromatic N) is 2. The van der Waals surface area contributed by atoms with Gasteiger partial charge in [0.2, 0.25) is 5.91 Å². The van der Waals surface area contributed by atoms with E-state index in [0.717, 1.165) is 0 Å². The van der Waals surface area contributed by atoms with Gasteiger partial charge in [0.15, 0.2) is 0 Å². The van der Waals surface area contributed by atoms with Crippen LogP contribution < -0.4 is 10.6 Å². The molecule has 1 aromatic rings. The summed E-state index contributed by atoms with van der Waals surface area (Å²) in [7, 11) is 0. The van der Waals surface area contributed by atoms with Gasteiger partial charge < -0.3 is 15.5 Å². The van der Waals surface area contributed by atoms with Crippen molar-refractivity contribution in [2.75, 3.05) is 31.1 Å². The molecule has 1 aromatic carbocycles. The van der Waals surface area contributed by atoms with Gasteiger partial charge in [-0.15, -0.1) is 0 Å². The van der Waals surface area contributed by atoms with E-state index >= 15 is 0 Å². The number of piperazine rings is 1. The molecule has 0 bridgehead atoms. The molecule has 5 heteroatoms. The fourth-order valence-electron chi connectivity index (χ4n) is 2.27. The van der Waals surface area contributed by atoms with E-state index in [1.54, 1.807) is 30.9 Å². The van der Waals surface area contributed by atoms with Gasteiger partial charge in [-0.25, -0.2) is 4.39 Å². The van der Waals surface area contributed by atoms with Gasteiger partial charge >= 0.3 is 0 Å². The van der Waals surface area contributed by atoms with Gasteiger partial charge in [-0.2, -0.15) is 0 Å². The molecule has 1 heterocycles. The molecule has 104 valence electrons. The highest BCUT2D eigenvalue weighted by Gasteiger charge is 2.30. The minimum absolute atomic E-state index is 0.0549. The Kier molecular flexibility index (Phi) is 3.75. The maximum atomic E-state index is 13.7. The third-order valence-corrected chi connectivity index (χ3v) is 3.31. The molecule has 0 spiro atoms. The monoisotopic (exact) mass is 265 g/mol. The van der Waals surface area contributed by atoms with E-state index < -0.39 is 5.54 Å². The van der Waals surface area contributed by atoms with Crippen molar-refractivity contribution < 1.29 is 9.18 Å². The molecular weight excluding hydrogens is 245 g/mol. The van der Waals surface area contributed by atoms with Crippen LogP contribution >= 0.6 is 0 Å². The lowest BCUT2D eigenvalue weighted by molar-refractivity contribution is -0.136. The SMILES string of the molecule is CC(C)(N)C(=O)N1CCN(c2ccccc2F)CC1. The lowest BCUT2D eigenvalue weighted by Gasteiger charge is -2.38. The predicted molar refractivity (Wildman–Crippen MR) is 73.5 cm³/mol. The van der Waals surface area contributed by atoms with Crippen molar-refractivity contribution in [2.24, 2.45) is 5.73 Å². The largest absolute Gasteiger partial charge is 0.366 e. The molecule has 0 aromatic heterocycles. The first-order valence-corrected chi connectivity index (χ1v) is 6.47. The molecule has 1 amide bonds. The van der Waals surface area contributed by atoms with Crippen LogP contribution in [0.25, 0.3) is 0 Å². The molecule has 1 aliphatic rings. The lowest BCUT2D eigenvalue weighted by Crippen LogP contribution is -2.57. The molecule has 2 N–H and O–H groups in total. The summed E-state index contributed by atoms with van der Waals surface area (Å²) in [6, 6.07) is 6.71. The Balaban J connectivity index is 2.00. The Morgan fingerprint density at radius 2 is 1.79 bits per heavy atom. The second-order valence-corrected chi connectivity index (χ2v) is 5.45. The molecule has 1 saturated heterocycles. The van der Waals surface area contributed by atoms with Crippen molar-refractivity contribution in [1.29, 1.82) is 0 Å². The smallest absolute Gasteiger partial charge is 0.242 e. The van der Waals surface area contributed by atoms with Crippen LogP contribution in [0.5, 0.6) is 0 Å². The highest BCUT2D eigenvalue weighted by molar-refractivity contribution is 5.85. The second kappa shape index (κ2) is 5.17. The van der Waals surface area contributed by atoms with Crippen LogP contribution in [0.3, 0.4) is 0 Å². The van der Waals surface area contributed by atoms with Crippen molar-refractivity contribution in [3.05, 3.63) is 30.1 Å². The second-order valence-electron chi connectivity index (χ2n) is 5.45. The summed E-state index contributed by atoms with van der Waals surface area (Å²) in [5, 5.41) is 0. The number of para-hydroxylation sites is 1. The standard InChI is InChI=1S/C14H20FN3O/c1-14(2,16)13(19)18-9-7-17(8-10-18)12-6-4-3-5-11(12)15/h3-6H,7-10,16H2,1-2H3. The number of benzene rings is 1. The summed E-state index contributed by atoms with van der Waals surface area (Å²) in [5.41, 5.74) is 5.57. The van der Waals surface area contributed by atoms with Crippen molar-refractivity contribution in [3.8, 4) is 0 Å². The minimum atomic E-state index is -0.847. The van der Waals surface area contributed by atoms with E-state index in [2.05, 4.69) is 0 Å². The first-order chi connectivity index (χ1) is 8.89. The van der Waals surface area contributed by atoms with Crippen LogP contribution in [0.4, 0.5) is 10.1 Å². The minimum Gasteiger partial charge on any atom is -0.366 e. The van der Waals surface area contributed by atoms with Gasteiger partial charge in [-0.05, 0) is 26.0 Å². The quantitative estimate of drug-likeness (QED) is 0.874. The van der Waals surface area contributed by atoms with E-state index in [9.17, 15) is 9.18 Å². The third kappa shape index (κ3) is 3.04. The number of hydrogen-bond acceptors (Lipinski definition) is 3.